The van der Waals surface area contributed by atoms with Crippen molar-refractivity contribution in [2.24, 2.45) is 10.7 Å². The van der Waals surface area contributed by atoms with Crippen LogP contribution in [0.25, 0.3) is 0 Å². The molecule has 0 radical (unpaired) electrons. The topological polar surface area (TPSA) is 71.7 Å². The van der Waals surface area contributed by atoms with Crippen LogP contribution in [0.15, 0.2) is 76.6 Å². The van der Waals surface area contributed by atoms with Crippen LogP contribution in [0.5, 0.6) is 11.5 Å². The van der Waals surface area contributed by atoms with Crippen molar-refractivity contribution in [3.05, 3.63) is 82.9 Å². The maximum absolute atomic E-state index is 6.23. The molecule has 0 aliphatic carbocycles. The number of nitrogens with one attached hydrogen (secondary N) is 2. The first-order valence-corrected chi connectivity index (χ1v) is 10.00. The van der Waals surface area contributed by atoms with Crippen LogP contribution in [0, 0.1) is 0 Å². The van der Waals surface area contributed by atoms with Crippen LogP contribution < -0.4 is 20.5 Å². The number of guanidine groups is 1. The summed E-state index contributed by atoms with van der Waals surface area (Å²) in [6.45, 7) is 1.07. The van der Waals surface area contributed by atoms with E-state index >= 15 is 0 Å². The number of ether oxygens (including phenoxy) is 1. The minimum absolute atomic E-state index is 0.521. The maximum Gasteiger partial charge on any atom is 0.206 e. The Balaban J connectivity index is 1.55. The summed E-state index contributed by atoms with van der Waals surface area (Å²) in [4.78, 5) is 5.67. The second kappa shape index (κ2) is 8.56. The molecular formula is C21H19ClN4OS. The predicted octanol–water partition coefficient (Wildman–Crippen LogP) is 5.17. The van der Waals surface area contributed by atoms with Gasteiger partial charge in [0, 0.05) is 6.54 Å². The Bertz CT molecular complexity index is 1020. The Morgan fingerprint density at radius 3 is 2.61 bits per heavy atom. The van der Waals surface area contributed by atoms with Crippen LogP contribution in [-0.2, 0) is 13.1 Å². The normalized spacial score (nSPS) is 14.1. The molecule has 0 aromatic heterocycles. The molecule has 0 amide bonds. The van der Waals surface area contributed by atoms with Gasteiger partial charge < -0.3 is 15.8 Å². The van der Waals surface area contributed by atoms with Gasteiger partial charge >= 0.3 is 0 Å². The zero-order chi connectivity index (χ0) is 19.3. The third-order valence-electron chi connectivity index (χ3n) is 4.19. The van der Waals surface area contributed by atoms with Gasteiger partial charge in [0.1, 0.15) is 5.75 Å². The Morgan fingerprint density at radius 2 is 1.75 bits per heavy atom. The van der Waals surface area contributed by atoms with Crippen molar-refractivity contribution < 1.29 is 4.74 Å². The number of rotatable bonds is 5. The number of benzene rings is 3. The van der Waals surface area contributed by atoms with Gasteiger partial charge in [-0.2, -0.15) is 0 Å². The molecule has 0 unspecified atom stereocenters. The molecule has 0 saturated carbocycles. The molecule has 0 saturated heterocycles. The standard InChI is InChI=1S/C21H19ClN4OS/c22-16-7-1-2-8-17(16)27-18-9-4-10-19-20(18)25-21(26-28-19)24-13-15-6-3-5-14(11-15)12-23/h1-11H,12-13,23H2,(H2,24,25,26). The lowest BCUT2D eigenvalue weighted by atomic mass is 10.1. The average molecular weight is 411 g/mol. The number of hydrogen-bond acceptors (Lipinski definition) is 4. The Hall–Kier alpha value is -2.67. The molecule has 4 N–H and O–H groups in total. The summed E-state index contributed by atoms with van der Waals surface area (Å²) in [6.07, 6.45) is 0. The van der Waals surface area contributed by atoms with Gasteiger partial charge in [0.2, 0.25) is 5.96 Å². The molecule has 3 aromatic carbocycles. The SMILES string of the molecule is NCc1cccc(CN=C2NSc3cccc(Oc4ccccc4Cl)c3N2)c1. The van der Waals surface area contributed by atoms with E-state index in [4.69, 9.17) is 22.1 Å². The molecule has 1 heterocycles. The molecular weight excluding hydrogens is 392 g/mol. The monoisotopic (exact) mass is 410 g/mol. The molecule has 142 valence electrons. The van der Waals surface area contributed by atoms with Crippen LogP contribution in [0.4, 0.5) is 5.69 Å². The molecule has 0 bridgehead atoms. The zero-order valence-corrected chi connectivity index (χ0v) is 16.6. The lowest BCUT2D eigenvalue weighted by Gasteiger charge is -2.23. The summed E-state index contributed by atoms with van der Waals surface area (Å²) in [5, 5.41) is 3.89. The number of aliphatic imine (C=N–C) groups is 1. The fraction of sp³-hybridized carbons (Fsp3) is 0.0952. The van der Waals surface area contributed by atoms with Crippen LogP contribution in [0.1, 0.15) is 11.1 Å². The van der Waals surface area contributed by atoms with Crippen molar-refractivity contribution in [2.75, 3.05) is 5.32 Å². The van der Waals surface area contributed by atoms with E-state index < -0.39 is 0 Å². The molecule has 0 fully saturated rings. The summed E-state index contributed by atoms with van der Waals surface area (Å²) in [7, 11) is 0. The van der Waals surface area contributed by atoms with Crippen molar-refractivity contribution in [3.63, 3.8) is 0 Å². The summed E-state index contributed by atoms with van der Waals surface area (Å²) >= 11 is 7.72. The third kappa shape index (κ3) is 4.25. The third-order valence-corrected chi connectivity index (χ3v) is 5.36. The first-order chi connectivity index (χ1) is 13.7. The van der Waals surface area contributed by atoms with E-state index in [1.54, 1.807) is 6.07 Å². The number of hydrogen-bond donors (Lipinski definition) is 3. The molecule has 7 heteroatoms. The van der Waals surface area contributed by atoms with Gasteiger partial charge in [-0.1, -0.05) is 54.1 Å². The Morgan fingerprint density at radius 1 is 0.964 bits per heavy atom. The summed E-state index contributed by atoms with van der Waals surface area (Å²) < 4.78 is 9.27. The number of para-hydroxylation sites is 2. The molecule has 4 rings (SSSR count). The lowest BCUT2D eigenvalue weighted by Crippen LogP contribution is -2.29. The van der Waals surface area contributed by atoms with Crippen LogP contribution in [0.3, 0.4) is 0 Å². The number of nitrogens with two attached hydrogens (primary N) is 1. The van der Waals surface area contributed by atoms with Crippen LogP contribution in [0.2, 0.25) is 5.02 Å². The largest absolute Gasteiger partial charge is 0.454 e. The molecule has 0 spiro atoms. The van der Waals surface area contributed by atoms with E-state index in [2.05, 4.69) is 21.1 Å². The van der Waals surface area contributed by atoms with E-state index in [0.717, 1.165) is 21.7 Å². The van der Waals surface area contributed by atoms with E-state index in [9.17, 15) is 0 Å². The van der Waals surface area contributed by atoms with E-state index in [-0.39, 0.29) is 0 Å². The summed E-state index contributed by atoms with van der Waals surface area (Å²) in [5.41, 5.74) is 8.78. The minimum Gasteiger partial charge on any atom is -0.454 e. The Kier molecular flexibility index (Phi) is 5.71. The van der Waals surface area contributed by atoms with Gasteiger partial charge in [0.15, 0.2) is 5.75 Å². The Labute approximate surface area is 173 Å². The summed E-state index contributed by atoms with van der Waals surface area (Å²) in [5.74, 6) is 1.98. The quantitative estimate of drug-likeness (QED) is 0.506. The molecule has 1 aliphatic heterocycles. The van der Waals surface area contributed by atoms with Crippen molar-refractivity contribution in [1.29, 1.82) is 0 Å². The second-order valence-electron chi connectivity index (χ2n) is 6.18. The molecule has 1 aliphatic rings. The minimum atomic E-state index is 0.521. The highest BCUT2D eigenvalue weighted by Gasteiger charge is 2.19. The van der Waals surface area contributed by atoms with Gasteiger partial charge in [-0.25, -0.2) is 4.99 Å². The van der Waals surface area contributed by atoms with Crippen molar-refractivity contribution in [1.82, 2.24) is 4.72 Å². The molecule has 0 atom stereocenters. The van der Waals surface area contributed by atoms with Gasteiger partial charge in [0.25, 0.3) is 0 Å². The molecule has 5 nitrogen and oxygen atoms in total. The van der Waals surface area contributed by atoms with Gasteiger partial charge in [0.05, 0.1) is 22.2 Å². The maximum atomic E-state index is 6.23. The van der Waals surface area contributed by atoms with Crippen molar-refractivity contribution >= 4 is 35.2 Å². The first-order valence-electron chi connectivity index (χ1n) is 8.80. The lowest BCUT2D eigenvalue weighted by molar-refractivity contribution is 0.484. The van der Waals surface area contributed by atoms with Gasteiger partial charge in [-0.05, 0) is 47.3 Å². The smallest absolute Gasteiger partial charge is 0.206 e. The van der Waals surface area contributed by atoms with Gasteiger partial charge in [-0.15, -0.1) is 0 Å². The first kappa shape index (κ1) is 18.7. The van der Waals surface area contributed by atoms with E-state index in [1.165, 1.54) is 11.9 Å². The fourth-order valence-electron chi connectivity index (χ4n) is 2.79. The molecule has 28 heavy (non-hydrogen) atoms. The highest BCUT2D eigenvalue weighted by atomic mass is 35.5. The van der Waals surface area contributed by atoms with Gasteiger partial charge in [-0.3, -0.25) is 4.72 Å². The fourth-order valence-corrected chi connectivity index (χ4v) is 3.69. The number of halogens is 1. The van der Waals surface area contributed by atoms with E-state index in [0.29, 0.717) is 35.6 Å². The van der Waals surface area contributed by atoms with E-state index in [1.807, 2.05) is 54.6 Å². The number of fused-ring (bicyclic) bond motifs is 1. The van der Waals surface area contributed by atoms with Crippen LogP contribution >= 0.6 is 23.5 Å². The highest BCUT2D eigenvalue weighted by Crippen LogP contribution is 2.40. The number of nitrogens with zero attached hydrogens (tertiary/aromatic N) is 1. The summed E-state index contributed by atoms with van der Waals surface area (Å²) in [6, 6.07) is 21.4. The predicted molar refractivity (Wildman–Crippen MR) is 116 cm³/mol. The molecule has 3 aromatic rings. The highest BCUT2D eigenvalue weighted by molar-refractivity contribution is 7.98. The van der Waals surface area contributed by atoms with Crippen molar-refractivity contribution in [2.45, 2.75) is 18.0 Å². The number of anilines is 1. The van der Waals surface area contributed by atoms with Crippen LogP contribution in [-0.4, -0.2) is 5.96 Å². The van der Waals surface area contributed by atoms with Crippen molar-refractivity contribution in [3.8, 4) is 11.5 Å². The zero-order valence-electron chi connectivity index (χ0n) is 15.0. The second-order valence-corrected chi connectivity index (χ2v) is 7.44. The average Bonchev–Trinajstić information content (AvgIpc) is 2.74.